The van der Waals surface area contributed by atoms with E-state index in [1.807, 2.05) is 18.2 Å². The van der Waals surface area contributed by atoms with Gasteiger partial charge in [-0.1, -0.05) is 30.3 Å². The van der Waals surface area contributed by atoms with E-state index in [1.54, 1.807) is 7.11 Å². The fraction of sp³-hybridized carbons (Fsp3) is 0.500. The van der Waals surface area contributed by atoms with Gasteiger partial charge in [-0.15, -0.1) is 0 Å². The summed E-state index contributed by atoms with van der Waals surface area (Å²) in [4.78, 5) is 0. The maximum atomic E-state index is 9.40. The summed E-state index contributed by atoms with van der Waals surface area (Å²) in [6, 6.07) is 10.3. The average molecular weight is 194 g/mol. The van der Waals surface area contributed by atoms with Gasteiger partial charge in [0.1, 0.15) is 0 Å². The molecule has 0 bridgehead atoms. The van der Waals surface area contributed by atoms with Crippen molar-refractivity contribution in [1.29, 1.82) is 0 Å². The quantitative estimate of drug-likeness (QED) is 0.750. The zero-order valence-corrected chi connectivity index (χ0v) is 8.65. The molecule has 0 amide bonds. The van der Waals surface area contributed by atoms with E-state index in [2.05, 4.69) is 12.1 Å². The Bertz CT molecular complexity index is 233. The lowest BCUT2D eigenvalue weighted by Gasteiger charge is -2.08. The first-order valence-electron chi connectivity index (χ1n) is 5.04. The van der Waals surface area contributed by atoms with E-state index in [4.69, 9.17) is 4.74 Å². The van der Waals surface area contributed by atoms with Crippen LogP contribution in [-0.2, 0) is 11.2 Å². The summed E-state index contributed by atoms with van der Waals surface area (Å²) >= 11 is 0. The summed E-state index contributed by atoms with van der Waals surface area (Å²) < 4.78 is 4.86. The molecular formula is C12H18O2. The highest BCUT2D eigenvalue weighted by molar-refractivity contribution is 5.14. The molecule has 1 rings (SSSR count). The Hall–Kier alpha value is -0.860. The number of methoxy groups -OCH3 is 1. The topological polar surface area (TPSA) is 29.5 Å². The van der Waals surface area contributed by atoms with Crippen molar-refractivity contribution in [3.8, 4) is 0 Å². The van der Waals surface area contributed by atoms with Crippen LogP contribution in [0.1, 0.15) is 18.4 Å². The van der Waals surface area contributed by atoms with E-state index in [0.717, 1.165) is 19.3 Å². The number of ether oxygens (including phenoxy) is 1. The molecule has 0 aliphatic rings. The predicted molar refractivity (Wildman–Crippen MR) is 57.3 cm³/mol. The second-order valence-corrected chi connectivity index (χ2v) is 3.49. The van der Waals surface area contributed by atoms with Crippen molar-refractivity contribution in [2.75, 3.05) is 13.7 Å². The van der Waals surface area contributed by atoms with Crippen LogP contribution < -0.4 is 0 Å². The second kappa shape index (κ2) is 6.57. The Balaban J connectivity index is 2.16. The van der Waals surface area contributed by atoms with Crippen molar-refractivity contribution in [1.82, 2.24) is 0 Å². The van der Waals surface area contributed by atoms with Crippen molar-refractivity contribution < 1.29 is 9.84 Å². The molecule has 0 heterocycles. The van der Waals surface area contributed by atoms with Crippen molar-refractivity contribution in [3.05, 3.63) is 35.9 Å². The average Bonchev–Trinajstić information content (AvgIpc) is 2.20. The number of hydrogen-bond donors (Lipinski definition) is 1. The van der Waals surface area contributed by atoms with Crippen LogP contribution >= 0.6 is 0 Å². The van der Waals surface area contributed by atoms with Crippen molar-refractivity contribution in [2.24, 2.45) is 0 Å². The third kappa shape index (κ3) is 4.40. The Morgan fingerprint density at radius 3 is 2.64 bits per heavy atom. The first kappa shape index (κ1) is 11.2. The lowest BCUT2D eigenvalue weighted by Crippen LogP contribution is -2.13. The highest BCUT2D eigenvalue weighted by Gasteiger charge is 2.02. The van der Waals surface area contributed by atoms with Crippen LogP contribution in [-0.4, -0.2) is 24.9 Å². The summed E-state index contributed by atoms with van der Waals surface area (Å²) in [5.74, 6) is 0. The third-order valence-electron chi connectivity index (χ3n) is 2.20. The molecule has 1 aromatic rings. The normalized spacial score (nSPS) is 12.7. The van der Waals surface area contributed by atoms with Gasteiger partial charge in [0, 0.05) is 7.11 Å². The first-order chi connectivity index (χ1) is 6.83. The molecule has 1 unspecified atom stereocenters. The largest absolute Gasteiger partial charge is 0.391 e. The molecule has 0 saturated carbocycles. The van der Waals surface area contributed by atoms with E-state index >= 15 is 0 Å². The van der Waals surface area contributed by atoms with Crippen LogP contribution in [0.4, 0.5) is 0 Å². The molecule has 2 nitrogen and oxygen atoms in total. The molecule has 0 radical (unpaired) electrons. The standard InChI is InChI=1S/C12H18O2/c1-14-10-12(13)9-5-8-11-6-3-2-4-7-11/h2-4,6-7,12-13H,5,8-10H2,1H3. The summed E-state index contributed by atoms with van der Waals surface area (Å²) in [6.07, 6.45) is 2.53. The monoisotopic (exact) mass is 194 g/mol. The van der Waals surface area contributed by atoms with E-state index in [0.29, 0.717) is 6.61 Å². The molecule has 78 valence electrons. The van der Waals surface area contributed by atoms with E-state index < -0.39 is 0 Å². The Morgan fingerprint density at radius 2 is 2.00 bits per heavy atom. The van der Waals surface area contributed by atoms with Crippen molar-refractivity contribution in [2.45, 2.75) is 25.4 Å². The highest BCUT2D eigenvalue weighted by Crippen LogP contribution is 2.06. The number of aliphatic hydroxyl groups excluding tert-OH is 1. The van der Waals surface area contributed by atoms with Crippen LogP contribution in [0.15, 0.2) is 30.3 Å². The van der Waals surface area contributed by atoms with Gasteiger partial charge in [0.2, 0.25) is 0 Å². The van der Waals surface area contributed by atoms with Gasteiger partial charge in [0.25, 0.3) is 0 Å². The van der Waals surface area contributed by atoms with Gasteiger partial charge in [0.15, 0.2) is 0 Å². The maximum absolute atomic E-state index is 9.40. The third-order valence-corrected chi connectivity index (χ3v) is 2.20. The summed E-state index contributed by atoms with van der Waals surface area (Å²) in [5, 5.41) is 9.40. The molecule has 0 saturated heterocycles. The minimum Gasteiger partial charge on any atom is -0.391 e. The minimum atomic E-state index is -0.316. The molecule has 0 aromatic heterocycles. The van der Waals surface area contributed by atoms with E-state index in [9.17, 15) is 5.11 Å². The van der Waals surface area contributed by atoms with Crippen LogP contribution in [0.2, 0.25) is 0 Å². The maximum Gasteiger partial charge on any atom is 0.0773 e. The van der Waals surface area contributed by atoms with Gasteiger partial charge in [-0.2, -0.15) is 0 Å². The van der Waals surface area contributed by atoms with Gasteiger partial charge < -0.3 is 9.84 Å². The van der Waals surface area contributed by atoms with Crippen molar-refractivity contribution >= 4 is 0 Å². The van der Waals surface area contributed by atoms with Crippen LogP contribution in [0.3, 0.4) is 0 Å². The van der Waals surface area contributed by atoms with Gasteiger partial charge in [0.05, 0.1) is 12.7 Å². The van der Waals surface area contributed by atoms with Gasteiger partial charge in [-0.05, 0) is 24.8 Å². The van der Waals surface area contributed by atoms with Crippen LogP contribution in [0.25, 0.3) is 0 Å². The molecular weight excluding hydrogens is 176 g/mol. The summed E-state index contributed by atoms with van der Waals surface area (Å²) in [5.41, 5.74) is 1.33. The molecule has 0 fully saturated rings. The summed E-state index contributed by atoms with van der Waals surface area (Å²) in [6.45, 7) is 0.439. The molecule has 1 aromatic carbocycles. The Kier molecular flexibility index (Phi) is 5.27. The molecule has 0 spiro atoms. The van der Waals surface area contributed by atoms with E-state index in [1.165, 1.54) is 5.56 Å². The van der Waals surface area contributed by atoms with Gasteiger partial charge in [-0.3, -0.25) is 0 Å². The smallest absolute Gasteiger partial charge is 0.0773 e. The SMILES string of the molecule is COCC(O)CCCc1ccccc1. The number of benzene rings is 1. The molecule has 0 aliphatic carbocycles. The first-order valence-corrected chi connectivity index (χ1v) is 5.04. The zero-order valence-electron chi connectivity index (χ0n) is 8.65. The molecule has 14 heavy (non-hydrogen) atoms. The molecule has 0 aliphatic heterocycles. The second-order valence-electron chi connectivity index (χ2n) is 3.49. The lowest BCUT2D eigenvalue weighted by atomic mass is 10.1. The Morgan fingerprint density at radius 1 is 1.29 bits per heavy atom. The zero-order chi connectivity index (χ0) is 10.2. The number of rotatable bonds is 6. The molecule has 1 atom stereocenters. The summed E-state index contributed by atoms with van der Waals surface area (Å²) in [7, 11) is 1.61. The number of aryl methyl sites for hydroxylation is 1. The highest BCUT2D eigenvalue weighted by atomic mass is 16.5. The van der Waals surface area contributed by atoms with Crippen LogP contribution in [0, 0.1) is 0 Å². The number of hydrogen-bond acceptors (Lipinski definition) is 2. The predicted octanol–water partition coefficient (Wildman–Crippen LogP) is 2.02. The minimum absolute atomic E-state index is 0.316. The van der Waals surface area contributed by atoms with E-state index in [-0.39, 0.29) is 6.10 Å². The fourth-order valence-corrected chi connectivity index (χ4v) is 1.46. The van der Waals surface area contributed by atoms with Crippen LogP contribution in [0.5, 0.6) is 0 Å². The molecule has 1 N–H and O–H groups in total. The Labute approximate surface area is 85.5 Å². The molecule has 2 heteroatoms. The fourth-order valence-electron chi connectivity index (χ4n) is 1.46. The lowest BCUT2D eigenvalue weighted by molar-refractivity contribution is 0.0581. The number of aliphatic hydroxyl groups is 1. The van der Waals surface area contributed by atoms with Gasteiger partial charge >= 0.3 is 0 Å². The van der Waals surface area contributed by atoms with Crippen molar-refractivity contribution in [3.63, 3.8) is 0 Å². The van der Waals surface area contributed by atoms with Gasteiger partial charge in [-0.25, -0.2) is 0 Å².